The quantitative estimate of drug-likeness (QED) is 0.590. The van der Waals surface area contributed by atoms with Gasteiger partial charge in [0.05, 0.1) is 0 Å². The van der Waals surface area contributed by atoms with Crippen LogP contribution in [-0.2, 0) is 0 Å². The lowest BCUT2D eigenvalue weighted by Crippen LogP contribution is -2.36. The number of hydrogen-bond donors (Lipinski definition) is 2. The van der Waals surface area contributed by atoms with Crippen LogP contribution < -0.4 is 11.1 Å². The van der Waals surface area contributed by atoms with E-state index in [0.717, 1.165) is 5.01 Å². The summed E-state index contributed by atoms with van der Waals surface area (Å²) in [7, 11) is 0. The lowest BCUT2D eigenvalue weighted by atomic mass is 10.4. The molecule has 1 aromatic rings. The molecule has 1 unspecified atom stereocenters. The molecular formula is C9H16N4S. The summed E-state index contributed by atoms with van der Waals surface area (Å²) in [4.78, 5) is 8.47. The lowest BCUT2D eigenvalue weighted by molar-refractivity contribution is 0.709. The van der Waals surface area contributed by atoms with Crippen molar-refractivity contribution < 1.29 is 0 Å². The van der Waals surface area contributed by atoms with E-state index in [0.29, 0.717) is 12.0 Å². The maximum Gasteiger partial charge on any atom is 0.189 e. The van der Waals surface area contributed by atoms with Crippen LogP contribution >= 0.6 is 11.3 Å². The molecule has 14 heavy (non-hydrogen) atoms. The Hall–Kier alpha value is -1.10. The van der Waals surface area contributed by atoms with Gasteiger partial charge >= 0.3 is 0 Å². The third kappa shape index (κ3) is 3.33. The Labute approximate surface area is 88.3 Å². The highest BCUT2D eigenvalue weighted by atomic mass is 32.1. The van der Waals surface area contributed by atoms with Crippen molar-refractivity contribution in [1.29, 1.82) is 0 Å². The van der Waals surface area contributed by atoms with Crippen LogP contribution in [0.3, 0.4) is 0 Å². The van der Waals surface area contributed by atoms with Crippen LogP contribution in [-0.4, -0.2) is 17.0 Å². The Kier molecular flexibility index (Phi) is 3.88. The fraction of sp³-hybridized carbons (Fsp3) is 0.556. The van der Waals surface area contributed by atoms with Gasteiger partial charge in [0.15, 0.2) is 5.96 Å². The third-order valence-electron chi connectivity index (χ3n) is 1.58. The molecule has 0 saturated carbocycles. The zero-order chi connectivity index (χ0) is 10.6. The van der Waals surface area contributed by atoms with E-state index in [1.54, 1.807) is 17.5 Å². The van der Waals surface area contributed by atoms with Gasteiger partial charge in [0.1, 0.15) is 11.0 Å². The molecule has 1 atom stereocenters. The van der Waals surface area contributed by atoms with Crippen molar-refractivity contribution >= 4 is 17.3 Å². The fourth-order valence-corrected chi connectivity index (χ4v) is 1.67. The van der Waals surface area contributed by atoms with E-state index in [9.17, 15) is 0 Å². The fourth-order valence-electron chi connectivity index (χ4n) is 1.04. The number of rotatable bonds is 3. The van der Waals surface area contributed by atoms with E-state index >= 15 is 0 Å². The Bertz CT molecular complexity index is 292. The van der Waals surface area contributed by atoms with Gasteiger partial charge in [0.2, 0.25) is 0 Å². The summed E-state index contributed by atoms with van der Waals surface area (Å²) in [6.07, 6.45) is 1.78. The standard InChI is InChI=1S/C9H16N4S/c1-6(2)12-9(10)13-7(3)8-11-4-5-14-8/h4-7H,1-3H3,(H3,10,12,13). The highest BCUT2D eigenvalue weighted by molar-refractivity contribution is 7.09. The predicted octanol–water partition coefficient (Wildman–Crippen LogP) is 1.52. The van der Waals surface area contributed by atoms with Crippen LogP contribution in [0.15, 0.2) is 16.6 Å². The second-order valence-corrected chi connectivity index (χ2v) is 4.29. The van der Waals surface area contributed by atoms with E-state index in [1.807, 2.05) is 26.2 Å². The van der Waals surface area contributed by atoms with Gasteiger partial charge in [-0.05, 0) is 20.8 Å². The normalized spacial score (nSPS) is 14.4. The Morgan fingerprint density at radius 1 is 1.57 bits per heavy atom. The van der Waals surface area contributed by atoms with Crippen LogP contribution in [0.25, 0.3) is 0 Å². The van der Waals surface area contributed by atoms with Gasteiger partial charge in [0.25, 0.3) is 0 Å². The summed E-state index contributed by atoms with van der Waals surface area (Å²) >= 11 is 1.59. The predicted molar refractivity (Wildman–Crippen MR) is 60.4 cm³/mol. The second kappa shape index (κ2) is 4.95. The topological polar surface area (TPSA) is 63.3 Å². The third-order valence-corrected chi connectivity index (χ3v) is 2.52. The minimum Gasteiger partial charge on any atom is -0.370 e. The molecule has 5 heteroatoms. The van der Waals surface area contributed by atoms with Crippen LogP contribution in [0, 0.1) is 0 Å². The first-order chi connectivity index (χ1) is 6.59. The second-order valence-electron chi connectivity index (χ2n) is 3.36. The molecule has 1 heterocycles. The molecule has 4 nitrogen and oxygen atoms in total. The van der Waals surface area contributed by atoms with E-state index in [2.05, 4.69) is 15.3 Å². The molecule has 0 aliphatic rings. The van der Waals surface area contributed by atoms with Crippen molar-refractivity contribution in [3.8, 4) is 0 Å². The smallest absolute Gasteiger partial charge is 0.189 e. The molecule has 0 radical (unpaired) electrons. The summed E-state index contributed by atoms with van der Waals surface area (Å²) in [5.41, 5.74) is 5.70. The average molecular weight is 212 g/mol. The summed E-state index contributed by atoms with van der Waals surface area (Å²) in [6, 6.07) is 0.337. The molecule has 0 bridgehead atoms. The first kappa shape index (κ1) is 11.0. The maximum absolute atomic E-state index is 5.70. The van der Waals surface area contributed by atoms with E-state index in [4.69, 9.17) is 5.73 Å². The lowest BCUT2D eigenvalue weighted by Gasteiger charge is -2.10. The summed E-state index contributed by atoms with van der Waals surface area (Å²) in [6.45, 7) is 6.03. The van der Waals surface area contributed by atoms with Crippen molar-refractivity contribution in [2.45, 2.75) is 32.9 Å². The number of nitrogens with one attached hydrogen (secondary N) is 1. The molecule has 1 aromatic heterocycles. The molecule has 0 fully saturated rings. The van der Waals surface area contributed by atoms with E-state index < -0.39 is 0 Å². The van der Waals surface area contributed by atoms with Crippen LogP contribution in [0.2, 0.25) is 0 Å². The Morgan fingerprint density at radius 3 is 2.79 bits per heavy atom. The van der Waals surface area contributed by atoms with Gasteiger partial charge in [-0.15, -0.1) is 11.3 Å². The average Bonchev–Trinajstić information content (AvgIpc) is 2.53. The van der Waals surface area contributed by atoms with Gasteiger partial charge in [-0.3, -0.25) is 0 Å². The molecule has 0 aromatic carbocycles. The SMILES string of the molecule is CC(C)NC(N)=NC(C)c1nccs1. The minimum absolute atomic E-state index is 0.0289. The number of nitrogens with zero attached hydrogens (tertiary/aromatic N) is 2. The molecule has 0 saturated heterocycles. The van der Waals surface area contributed by atoms with Crippen molar-refractivity contribution in [1.82, 2.24) is 10.3 Å². The number of nitrogens with two attached hydrogens (primary N) is 1. The first-order valence-electron chi connectivity index (χ1n) is 4.58. The summed E-state index contributed by atoms with van der Waals surface area (Å²) in [5, 5.41) is 5.96. The number of aliphatic imine (C=N–C) groups is 1. The number of aromatic nitrogens is 1. The van der Waals surface area contributed by atoms with E-state index in [1.165, 1.54) is 0 Å². The zero-order valence-electron chi connectivity index (χ0n) is 8.69. The monoisotopic (exact) mass is 212 g/mol. The maximum atomic E-state index is 5.70. The highest BCUT2D eigenvalue weighted by Crippen LogP contribution is 2.18. The van der Waals surface area contributed by atoms with Gasteiger partial charge in [-0.2, -0.15) is 0 Å². The van der Waals surface area contributed by atoms with Gasteiger partial charge in [-0.25, -0.2) is 9.98 Å². The van der Waals surface area contributed by atoms with E-state index in [-0.39, 0.29) is 6.04 Å². The summed E-state index contributed by atoms with van der Waals surface area (Å²) in [5.74, 6) is 0.475. The van der Waals surface area contributed by atoms with Crippen molar-refractivity contribution in [2.75, 3.05) is 0 Å². The molecule has 0 aliphatic heterocycles. The van der Waals surface area contributed by atoms with Crippen molar-refractivity contribution in [3.05, 3.63) is 16.6 Å². The zero-order valence-corrected chi connectivity index (χ0v) is 9.51. The molecule has 1 rings (SSSR count). The van der Waals surface area contributed by atoms with Gasteiger partial charge in [0, 0.05) is 17.6 Å². The largest absolute Gasteiger partial charge is 0.370 e. The molecule has 0 aliphatic carbocycles. The molecule has 3 N–H and O–H groups in total. The molecular weight excluding hydrogens is 196 g/mol. The molecule has 0 spiro atoms. The van der Waals surface area contributed by atoms with Gasteiger partial charge < -0.3 is 11.1 Å². The summed E-state index contributed by atoms with van der Waals surface area (Å²) < 4.78 is 0. The van der Waals surface area contributed by atoms with Gasteiger partial charge in [-0.1, -0.05) is 0 Å². The van der Waals surface area contributed by atoms with Crippen molar-refractivity contribution in [3.63, 3.8) is 0 Å². The molecule has 78 valence electrons. The number of guanidine groups is 1. The molecule has 0 amide bonds. The highest BCUT2D eigenvalue weighted by Gasteiger charge is 2.06. The van der Waals surface area contributed by atoms with Crippen LogP contribution in [0.5, 0.6) is 0 Å². The Morgan fingerprint density at radius 2 is 2.29 bits per heavy atom. The number of thiazole rings is 1. The number of hydrogen-bond acceptors (Lipinski definition) is 3. The van der Waals surface area contributed by atoms with Crippen molar-refractivity contribution in [2.24, 2.45) is 10.7 Å². The van der Waals surface area contributed by atoms with Crippen LogP contribution in [0.1, 0.15) is 31.8 Å². The van der Waals surface area contributed by atoms with Crippen LogP contribution in [0.4, 0.5) is 0 Å². The minimum atomic E-state index is 0.0289. The Balaban J connectivity index is 2.58. The first-order valence-corrected chi connectivity index (χ1v) is 5.46.